The number of carbonyl (C=O) groups excluding carboxylic acids is 3. The molecule has 1 rings (SSSR count). The van der Waals surface area contributed by atoms with E-state index < -0.39 is 12.0 Å². The number of aliphatic hydroxyl groups is 1. The van der Waals surface area contributed by atoms with Crippen LogP contribution in [-0.2, 0) is 24.9 Å². The van der Waals surface area contributed by atoms with Crippen LogP contribution in [0.1, 0.15) is 38.2 Å². The zero-order chi connectivity index (χ0) is 24.5. The van der Waals surface area contributed by atoms with Crippen molar-refractivity contribution >= 4 is 29.5 Å². The molecule has 0 bridgehead atoms. The van der Waals surface area contributed by atoms with Crippen LogP contribution in [-0.4, -0.2) is 53.9 Å². The van der Waals surface area contributed by atoms with E-state index in [9.17, 15) is 14.4 Å². The van der Waals surface area contributed by atoms with Crippen molar-refractivity contribution in [3.8, 4) is 0 Å². The highest BCUT2D eigenvalue weighted by atomic mass is 32.2. The molecule has 0 aromatic heterocycles. The average molecular weight is 477 g/mol. The van der Waals surface area contributed by atoms with E-state index in [0.29, 0.717) is 18.6 Å². The van der Waals surface area contributed by atoms with E-state index in [2.05, 4.69) is 23.8 Å². The summed E-state index contributed by atoms with van der Waals surface area (Å²) >= 11 is 1.63. The Morgan fingerprint density at radius 2 is 1.88 bits per heavy atom. The molecule has 0 unspecified atom stereocenters. The minimum Gasteiger partial charge on any atom is -0.463 e. The summed E-state index contributed by atoms with van der Waals surface area (Å²) in [5.74, 6) is -0.258. The third-order valence-electron chi connectivity index (χ3n) is 4.71. The second kappa shape index (κ2) is 17.0. The van der Waals surface area contributed by atoms with Gasteiger partial charge in [0, 0.05) is 30.4 Å². The molecule has 0 saturated carbocycles. The van der Waals surface area contributed by atoms with Gasteiger partial charge in [-0.3, -0.25) is 14.4 Å². The SMILES string of the molecule is C=CCCC(=O)OC[C@H](CSCc1ccccc1)NC(=O)[C@H](CC=C)CC(=O)N[C@H](C)CO. The van der Waals surface area contributed by atoms with Crippen molar-refractivity contribution in [1.29, 1.82) is 0 Å². The molecule has 1 aromatic carbocycles. The van der Waals surface area contributed by atoms with Gasteiger partial charge in [-0.2, -0.15) is 11.8 Å². The molecule has 3 atom stereocenters. The molecular weight excluding hydrogens is 440 g/mol. The highest BCUT2D eigenvalue weighted by molar-refractivity contribution is 7.98. The molecule has 7 nitrogen and oxygen atoms in total. The molecule has 182 valence electrons. The second-order valence-electron chi connectivity index (χ2n) is 7.79. The lowest BCUT2D eigenvalue weighted by molar-refractivity contribution is -0.145. The largest absolute Gasteiger partial charge is 0.463 e. The van der Waals surface area contributed by atoms with Gasteiger partial charge in [0.2, 0.25) is 11.8 Å². The second-order valence-corrected chi connectivity index (χ2v) is 8.82. The predicted molar refractivity (Wildman–Crippen MR) is 133 cm³/mol. The van der Waals surface area contributed by atoms with E-state index >= 15 is 0 Å². The average Bonchev–Trinajstić information content (AvgIpc) is 2.81. The van der Waals surface area contributed by atoms with Gasteiger partial charge in [-0.25, -0.2) is 0 Å². The lowest BCUT2D eigenvalue weighted by atomic mass is 9.99. The monoisotopic (exact) mass is 476 g/mol. The number of carbonyl (C=O) groups is 3. The number of hydrogen-bond donors (Lipinski definition) is 3. The van der Waals surface area contributed by atoms with Crippen molar-refractivity contribution < 1.29 is 24.2 Å². The number of ether oxygens (including phenoxy) is 1. The first kappa shape index (κ1) is 28.5. The first-order valence-corrected chi connectivity index (χ1v) is 12.2. The number of esters is 1. The van der Waals surface area contributed by atoms with E-state index in [0.717, 1.165) is 11.3 Å². The molecule has 0 radical (unpaired) electrons. The van der Waals surface area contributed by atoms with Crippen LogP contribution >= 0.6 is 11.8 Å². The van der Waals surface area contributed by atoms with E-state index in [-0.39, 0.29) is 49.9 Å². The number of benzene rings is 1. The van der Waals surface area contributed by atoms with Crippen molar-refractivity contribution in [3.63, 3.8) is 0 Å². The molecule has 0 aliphatic heterocycles. The molecule has 0 saturated heterocycles. The van der Waals surface area contributed by atoms with Crippen LogP contribution in [0.5, 0.6) is 0 Å². The maximum atomic E-state index is 12.9. The molecule has 0 aliphatic rings. The zero-order valence-electron chi connectivity index (χ0n) is 19.3. The third kappa shape index (κ3) is 12.9. The first-order chi connectivity index (χ1) is 15.9. The highest BCUT2D eigenvalue weighted by Crippen LogP contribution is 2.15. The summed E-state index contributed by atoms with van der Waals surface area (Å²) < 4.78 is 5.36. The van der Waals surface area contributed by atoms with Gasteiger partial charge in [0.1, 0.15) is 6.61 Å². The van der Waals surface area contributed by atoms with Gasteiger partial charge in [-0.05, 0) is 25.3 Å². The summed E-state index contributed by atoms with van der Waals surface area (Å²) in [6.45, 7) is 8.84. The fourth-order valence-electron chi connectivity index (χ4n) is 2.92. The quantitative estimate of drug-likeness (QED) is 0.236. The fourth-order valence-corrected chi connectivity index (χ4v) is 3.93. The van der Waals surface area contributed by atoms with E-state index in [4.69, 9.17) is 9.84 Å². The topological polar surface area (TPSA) is 105 Å². The number of aliphatic hydroxyl groups excluding tert-OH is 1. The Bertz CT molecular complexity index is 756. The maximum absolute atomic E-state index is 12.9. The van der Waals surface area contributed by atoms with Gasteiger partial charge in [-0.15, -0.1) is 13.2 Å². The minimum atomic E-state index is -0.605. The zero-order valence-corrected chi connectivity index (χ0v) is 20.1. The number of hydrogen-bond acceptors (Lipinski definition) is 6. The Labute approximate surface area is 201 Å². The van der Waals surface area contributed by atoms with Gasteiger partial charge < -0.3 is 20.5 Å². The van der Waals surface area contributed by atoms with Crippen molar-refractivity contribution in [3.05, 3.63) is 61.2 Å². The smallest absolute Gasteiger partial charge is 0.306 e. The Morgan fingerprint density at radius 3 is 2.52 bits per heavy atom. The molecule has 0 fully saturated rings. The van der Waals surface area contributed by atoms with E-state index in [1.54, 1.807) is 30.8 Å². The Morgan fingerprint density at radius 1 is 1.15 bits per heavy atom. The van der Waals surface area contributed by atoms with Gasteiger partial charge >= 0.3 is 5.97 Å². The molecule has 0 spiro atoms. The van der Waals surface area contributed by atoms with Crippen molar-refractivity contribution in [1.82, 2.24) is 10.6 Å². The van der Waals surface area contributed by atoms with Crippen LogP contribution in [0.2, 0.25) is 0 Å². The van der Waals surface area contributed by atoms with Crippen molar-refractivity contribution in [2.24, 2.45) is 5.92 Å². The van der Waals surface area contributed by atoms with Gasteiger partial charge in [-0.1, -0.05) is 42.5 Å². The van der Waals surface area contributed by atoms with Crippen LogP contribution < -0.4 is 10.6 Å². The molecule has 0 aliphatic carbocycles. The fraction of sp³-hybridized carbons (Fsp3) is 0.480. The van der Waals surface area contributed by atoms with E-state index in [1.165, 1.54) is 0 Å². The lowest BCUT2D eigenvalue weighted by Gasteiger charge is -2.22. The standard InChI is InChI=1S/C25H36N2O5S/c1-4-6-13-24(30)32-16-22(18-33-17-20-11-8-7-9-12-20)27-25(31)21(10-5-2)14-23(29)26-19(3)15-28/h4-5,7-9,11-12,19,21-22,28H,1-2,6,10,13-18H2,3H3,(H,26,29)(H,27,31)/t19-,21-,22-/m1/s1. The maximum Gasteiger partial charge on any atom is 0.306 e. The number of allylic oxidation sites excluding steroid dienone is 2. The van der Waals surface area contributed by atoms with Crippen LogP contribution in [0.4, 0.5) is 0 Å². The lowest BCUT2D eigenvalue weighted by Crippen LogP contribution is -2.45. The first-order valence-electron chi connectivity index (χ1n) is 11.1. The Hall–Kier alpha value is -2.58. The molecule has 8 heteroatoms. The number of rotatable bonds is 17. The third-order valence-corrected chi connectivity index (χ3v) is 5.89. The number of amides is 2. The normalized spacial score (nSPS) is 13.3. The Balaban J connectivity index is 2.73. The van der Waals surface area contributed by atoms with Crippen LogP contribution in [0.25, 0.3) is 0 Å². The summed E-state index contributed by atoms with van der Waals surface area (Å²) in [6, 6.07) is 9.17. The highest BCUT2D eigenvalue weighted by Gasteiger charge is 2.24. The number of nitrogens with one attached hydrogen (secondary N) is 2. The van der Waals surface area contributed by atoms with E-state index in [1.807, 2.05) is 30.3 Å². The molecule has 1 aromatic rings. The molecule has 0 heterocycles. The minimum absolute atomic E-state index is 0.0226. The van der Waals surface area contributed by atoms with Gasteiger partial charge in [0.05, 0.1) is 18.6 Å². The molecule has 33 heavy (non-hydrogen) atoms. The van der Waals surface area contributed by atoms with Gasteiger partial charge in [0.25, 0.3) is 0 Å². The number of thioether (sulfide) groups is 1. The predicted octanol–water partition coefficient (Wildman–Crippen LogP) is 2.99. The summed E-state index contributed by atoms with van der Waals surface area (Å²) in [5, 5.41) is 14.7. The van der Waals surface area contributed by atoms with Crippen LogP contribution in [0, 0.1) is 5.92 Å². The summed E-state index contributed by atoms with van der Waals surface area (Å²) in [5.41, 5.74) is 1.16. The van der Waals surface area contributed by atoms with Crippen LogP contribution in [0.3, 0.4) is 0 Å². The van der Waals surface area contributed by atoms with Crippen molar-refractivity contribution in [2.45, 2.75) is 50.4 Å². The summed E-state index contributed by atoms with van der Waals surface area (Å²) in [7, 11) is 0. The molecule has 2 amide bonds. The molecule has 3 N–H and O–H groups in total. The van der Waals surface area contributed by atoms with Crippen molar-refractivity contribution in [2.75, 3.05) is 19.0 Å². The van der Waals surface area contributed by atoms with Gasteiger partial charge in [0.15, 0.2) is 0 Å². The summed E-state index contributed by atoms with van der Waals surface area (Å²) in [6.07, 6.45) is 4.33. The molecular formula is C25H36N2O5S. The Kier molecular flexibility index (Phi) is 14.6. The van der Waals surface area contributed by atoms with Crippen LogP contribution in [0.15, 0.2) is 55.6 Å². The summed E-state index contributed by atoms with van der Waals surface area (Å²) in [4.78, 5) is 37.1.